The summed E-state index contributed by atoms with van der Waals surface area (Å²) >= 11 is 0. The largest absolute Gasteiger partial charge is 0.453 e. The lowest BCUT2D eigenvalue weighted by atomic mass is 9.88. The van der Waals surface area contributed by atoms with E-state index in [1.54, 1.807) is 0 Å². The van der Waals surface area contributed by atoms with Crippen molar-refractivity contribution in [2.24, 2.45) is 5.73 Å². The topological polar surface area (TPSA) is 75.8 Å². The van der Waals surface area contributed by atoms with Crippen molar-refractivity contribution < 1.29 is 14.6 Å². The number of aliphatic hydroxyl groups is 1. The van der Waals surface area contributed by atoms with Crippen molar-refractivity contribution in [3.05, 3.63) is 0 Å². The maximum Gasteiger partial charge on any atom is 0.409 e. The molecule has 1 aliphatic heterocycles. The molecule has 0 aromatic rings. The standard InChI is InChI=1S/C7H14N2O3/c1-12-6(11)9-4-7(8,5-9)2-3-10/h10H,2-5,8H2,1H3. The van der Waals surface area contributed by atoms with E-state index in [4.69, 9.17) is 10.8 Å². The molecule has 70 valence electrons. The van der Waals surface area contributed by atoms with Gasteiger partial charge >= 0.3 is 6.09 Å². The first kappa shape index (κ1) is 9.28. The van der Waals surface area contributed by atoms with Gasteiger partial charge in [0, 0.05) is 19.7 Å². The summed E-state index contributed by atoms with van der Waals surface area (Å²) in [7, 11) is 1.34. The van der Waals surface area contributed by atoms with Crippen molar-refractivity contribution in [2.45, 2.75) is 12.0 Å². The Morgan fingerprint density at radius 3 is 2.75 bits per heavy atom. The van der Waals surface area contributed by atoms with Gasteiger partial charge in [-0.25, -0.2) is 4.79 Å². The van der Waals surface area contributed by atoms with Gasteiger partial charge < -0.3 is 20.5 Å². The Morgan fingerprint density at radius 1 is 1.75 bits per heavy atom. The lowest BCUT2D eigenvalue weighted by Gasteiger charge is -2.46. The molecule has 0 aromatic heterocycles. The molecule has 1 rings (SSSR count). The molecule has 1 aliphatic rings. The number of methoxy groups -OCH3 is 1. The van der Waals surface area contributed by atoms with Gasteiger partial charge in [-0.2, -0.15) is 0 Å². The number of hydrogen-bond donors (Lipinski definition) is 2. The quantitative estimate of drug-likeness (QED) is 0.571. The molecule has 1 heterocycles. The number of amides is 1. The molecule has 5 nitrogen and oxygen atoms in total. The normalized spacial score (nSPS) is 20.1. The van der Waals surface area contributed by atoms with Gasteiger partial charge in [0.2, 0.25) is 0 Å². The van der Waals surface area contributed by atoms with Gasteiger partial charge in [0.25, 0.3) is 0 Å². The van der Waals surface area contributed by atoms with E-state index in [9.17, 15) is 4.79 Å². The predicted octanol–water partition coefficient (Wildman–Crippen LogP) is -0.852. The Kier molecular flexibility index (Phi) is 2.54. The molecule has 5 heteroatoms. The molecule has 0 unspecified atom stereocenters. The highest BCUT2D eigenvalue weighted by Gasteiger charge is 2.41. The third-order valence-electron chi connectivity index (χ3n) is 2.05. The van der Waals surface area contributed by atoms with Crippen molar-refractivity contribution in [1.29, 1.82) is 0 Å². The Bertz CT molecular complexity index is 177. The Morgan fingerprint density at radius 2 is 2.33 bits per heavy atom. The van der Waals surface area contributed by atoms with Crippen LogP contribution in [0.4, 0.5) is 4.79 Å². The summed E-state index contributed by atoms with van der Waals surface area (Å²) in [6.07, 6.45) is 0.176. The first-order valence-electron chi connectivity index (χ1n) is 3.84. The second-order valence-corrected chi connectivity index (χ2v) is 3.16. The number of likely N-dealkylation sites (tertiary alicyclic amines) is 1. The zero-order valence-corrected chi connectivity index (χ0v) is 7.12. The van der Waals surface area contributed by atoms with Crippen molar-refractivity contribution >= 4 is 6.09 Å². The van der Waals surface area contributed by atoms with Crippen LogP contribution in [0.3, 0.4) is 0 Å². The molecule has 0 aromatic carbocycles. The minimum absolute atomic E-state index is 0.0610. The van der Waals surface area contributed by atoms with Crippen LogP contribution < -0.4 is 5.73 Å². The van der Waals surface area contributed by atoms with Gasteiger partial charge in [-0.05, 0) is 6.42 Å². The molecule has 12 heavy (non-hydrogen) atoms. The maximum absolute atomic E-state index is 10.9. The zero-order valence-electron chi connectivity index (χ0n) is 7.12. The maximum atomic E-state index is 10.9. The van der Waals surface area contributed by atoms with Crippen LogP contribution in [0.15, 0.2) is 0 Å². The Balaban J connectivity index is 2.31. The van der Waals surface area contributed by atoms with Crippen molar-refractivity contribution in [3.63, 3.8) is 0 Å². The lowest BCUT2D eigenvalue weighted by molar-refractivity contribution is 0.0402. The molecular formula is C7H14N2O3. The van der Waals surface area contributed by atoms with E-state index >= 15 is 0 Å². The van der Waals surface area contributed by atoms with Crippen LogP contribution in [-0.2, 0) is 4.74 Å². The first-order valence-corrected chi connectivity index (χ1v) is 3.84. The molecular weight excluding hydrogens is 160 g/mol. The van der Waals surface area contributed by atoms with Gasteiger partial charge in [0.15, 0.2) is 0 Å². The fraction of sp³-hybridized carbons (Fsp3) is 0.857. The van der Waals surface area contributed by atoms with Gasteiger partial charge in [-0.3, -0.25) is 0 Å². The van der Waals surface area contributed by atoms with Crippen LogP contribution in [-0.4, -0.2) is 48.4 Å². The minimum atomic E-state index is -0.400. The molecule has 1 saturated heterocycles. The van der Waals surface area contributed by atoms with Crippen LogP contribution in [0.5, 0.6) is 0 Å². The third-order valence-corrected chi connectivity index (χ3v) is 2.05. The fourth-order valence-electron chi connectivity index (χ4n) is 1.35. The van der Waals surface area contributed by atoms with E-state index in [1.165, 1.54) is 12.0 Å². The van der Waals surface area contributed by atoms with Crippen LogP contribution in [0.25, 0.3) is 0 Å². The molecule has 0 spiro atoms. The van der Waals surface area contributed by atoms with Crippen LogP contribution in [0.1, 0.15) is 6.42 Å². The number of nitrogens with two attached hydrogens (primary N) is 1. The lowest BCUT2D eigenvalue weighted by Crippen LogP contribution is -2.68. The number of hydrogen-bond acceptors (Lipinski definition) is 4. The van der Waals surface area contributed by atoms with Gasteiger partial charge in [-0.15, -0.1) is 0 Å². The van der Waals surface area contributed by atoms with E-state index in [-0.39, 0.29) is 12.7 Å². The minimum Gasteiger partial charge on any atom is -0.453 e. The molecule has 0 saturated carbocycles. The summed E-state index contributed by atoms with van der Waals surface area (Å²) in [5, 5.41) is 8.63. The van der Waals surface area contributed by atoms with Crippen molar-refractivity contribution in [1.82, 2.24) is 4.90 Å². The highest BCUT2D eigenvalue weighted by molar-refractivity contribution is 5.69. The summed E-state index contributed by atoms with van der Waals surface area (Å²) < 4.78 is 4.49. The molecule has 0 aliphatic carbocycles. The van der Waals surface area contributed by atoms with E-state index in [0.717, 1.165) is 0 Å². The predicted molar refractivity (Wildman–Crippen MR) is 42.6 cm³/mol. The first-order chi connectivity index (χ1) is 5.61. The number of ether oxygens (including phenoxy) is 1. The summed E-state index contributed by atoms with van der Waals surface area (Å²) in [6.45, 7) is 1.01. The second-order valence-electron chi connectivity index (χ2n) is 3.16. The highest BCUT2D eigenvalue weighted by atomic mass is 16.5. The monoisotopic (exact) mass is 174 g/mol. The van der Waals surface area contributed by atoms with Crippen LogP contribution in [0, 0.1) is 0 Å². The molecule has 0 radical (unpaired) electrons. The molecule has 0 atom stereocenters. The van der Waals surface area contributed by atoms with E-state index < -0.39 is 5.54 Å². The van der Waals surface area contributed by atoms with Crippen molar-refractivity contribution in [2.75, 3.05) is 26.8 Å². The molecule has 1 fully saturated rings. The Hall–Kier alpha value is -0.810. The van der Waals surface area contributed by atoms with Gasteiger partial charge in [0.1, 0.15) is 0 Å². The van der Waals surface area contributed by atoms with Crippen LogP contribution in [0.2, 0.25) is 0 Å². The smallest absolute Gasteiger partial charge is 0.409 e. The molecule has 1 amide bonds. The van der Waals surface area contributed by atoms with Crippen molar-refractivity contribution in [3.8, 4) is 0 Å². The summed E-state index contributed by atoms with van der Waals surface area (Å²) in [6, 6.07) is 0. The summed E-state index contributed by atoms with van der Waals surface area (Å²) in [5.41, 5.74) is 5.39. The average molecular weight is 174 g/mol. The van der Waals surface area contributed by atoms with Crippen LogP contribution >= 0.6 is 0 Å². The average Bonchev–Trinajstić information content (AvgIpc) is 1.99. The number of rotatable bonds is 2. The number of carbonyl (C=O) groups excluding carboxylic acids is 1. The Labute approximate surface area is 71.1 Å². The molecule has 0 bridgehead atoms. The van der Waals surface area contributed by atoms with E-state index in [2.05, 4.69) is 4.74 Å². The SMILES string of the molecule is COC(=O)N1CC(N)(CCO)C1. The van der Waals surface area contributed by atoms with Gasteiger partial charge in [-0.1, -0.05) is 0 Å². The van der Waals surface area contributed by atoms with E-state index in [0.29, 0.717) is 19.5 Å². The van der Waals surface area contributed by atoms with Gasteiger partial charge in [0.05, 0.1) is 12.6 Å². The molecule has 3 N–H and O–H groups in total. The number of aliphatic hydroxyl groups excluding tert-OH is 1. The number of nitrogens with zero attached hydrogens (tertiary/aromatic N) is 1. The third kappa shape index (κ3) is 1.67. The summed E-state index contributed by atoms with van der Waals surface area (Å²) in [5.74, 6) is 0. The second kappa shape index (κ2) is 3.28. The highest BCUT2D eigenvalue weighted by Crippen LogP contribution is 2.21. The summed E-state index contributed by atoms with van der Waals surface area (Å²) in [4.78, 5) is 12.4. The van der Waals surface area contributed by atoms with E-state index in [1.807, 2.05) is 0 Å². The number of carbonyl (C=O) groups is 1. The fourth-order valence-corrected chi connectivity index (χ4v) is 1.35. The zero-order chi connectivity index (χ0) is 9.19.